The van der Waals surface area contributed by atoms with Gasteiger partial charge in [-0.1, -0.05) is 36.0 Å². The molecule has 0 N–H and O–H groups in total. The molecule has 0 aliphatic rings. The summed E-state index contributed by atoms with van der Waals surface area (Å²) in [4.78, 5) is 4.69. The molecule has 1 heterocycles. The first-order valence-electron chi connectivity index (χ1n) is 6.73. The van der Waals surface area contributed by atoms with Crippen LogP contribution in [0.15, 0.2) is 47.6 Å². The first-order valence-corrected chi connectivity index (χ1v) is 7.71. The van der Waals surface area contributed by atoms with Crippen LogP contribution in [0.5, 0.6) is 0 Å². The molecule has 3 nitrogen and oxygen atoms in total. The summed E-state index contributed by atoms with van der Waals surface area (Å²) in [6.07, 6.45) is 0. The van der Waals surface area contributed by atoms with Crippen molar-refractivity contribution < 1.29 is 0 Å². The summed E-state index contributed by atoms with van der Waals surface area (Å²) in [5.41, 5.74) is 5.16. The zero-order valence-corrected chi connectivity index (χ0v) is 12.8. The second-order valence-corrected chi connectivity index (χ2v) is 5.95. The van der Waals surface area contributed by atoms with E-state index in [0.29, 0.717) is 0 Å². The van der Waals surface area contributed by atoms with Crippen LogP contribution in [0, 0.1) is 18.3 Å². The van der Waals surface area contributed by atoms with Gasteiger partial charge in [0.05, 0.1) is 22.7 Å². The van der Waals surface area contributed by atoms with Gasteiger partial charge in [0.2, 0.25) is 0 Å². The SMILES string of the molecule is Cc1ccc2c(c1)nc(SCc1ccccc1C#N)n2C. The van der Waals surface area contributed by atoms with Crippen molar-refractivity contribution in [2.75, 3.05) is 0 Å². The zero-order valence-electron chi connectivity index (χ0n) is 12.0. The molecular formula is C17H15N3S. The summed E-state index contributed by atoms with van der Waals surface area (Å²) in [5.74, 6) is 0.750. The third-order valence-corrected chi connectivity index (χ3v) is 4.57. The van der Waals surface area contributed by atoms with E-state index in [4.69, 9.17) is 5.26 Å². The number of thioether (sulfide) groups is 1. The van der Waals surface area contributed by atoms with Gasteiger partial charge in [0.1, 0.15) is 0 Å². The molecule has 104 valence electrons. The Kier molecular flexibility index (Phi) is 3.68. The highest BCUT2D eigenvalue weighted by Crippen LogP contribution is 2.27. The Balaban J connectivity index is 1.89. The second-order valence-electron chi connectivity index (χ2n) is 5.00. The molecule has 1 aromatic heterocycles. The monoisotopic (exact) mass is 293 g/mol. The Hall–Kier alpha value is -2.25. The average Bonchev–Trinajstić information content (AvgIpc) is 2.81. The molecule has 3 aromatic rings. The minimum atomic E-state index is 0.736. The molecule has 3 rings (SSSR count). The van der Waals surface area contributed by atoms with Gasteiger partial charge in [-0.3, -0.25) is 0 Å². The molecule has 0 atom stereocenters. The molecule has 0 saturated carbocycles. The van der Waals surface area contributed by atoms with E-state index in [1.54, 1.807) is 11.8 Å². The van der Waals surface area contributed by atoms with Crippen LogP contribution in [0.2, 0.25) is 0 Å². The highest BCUT2D eigenvalue weighted by molar-refractivity contribution is 7.98. The van der Waals surface area contributed by atoms with Crippen molar-refractivity contribution in [2.24, 2.45) is 7.05 Å². The standard InChI is InChI=1S/C17H15N3S/c1-12-7-8-16-15(9-12)19-17(20(16)2)21-11-14-6-4-3-5-13(14)10-18/h3-9H,11H2,1-2H3. The third kappa shape index (κ3) is 2.65. The molecule has 0 aliphatic heterocycles. The quantitative estimate of drug-likeness (QED) is 0.684. The summed E-state index contributed by atoms with van der Waals surface area (Å²) in [7, 11) is 2.03. The van der Waals surface area contributed by atoms with E-state index >= 15 is 0 Å². The summed E-state index contributed by atoms with van der Waals surface area (Å²) in [5, 5.41) is 10.1. The Bertz CT molecular complexity index is 843. The number of aromatic nitrogens is 2. The third-order valence-electron chi connectivity index (χ3n) is 3.49. The predicted molar refractivity (Wildman–Crippen MR) is 86.2 cm³/mol. The van der Waals surface area contributed by atoms with Crippen molar-refractivity contribution in [3.63, 3.8) is 0 Å². The number of rotatable bonds is 3. The molecule has 0 spiro atoms. The maximum Gasteiger partial charge on any atom is 0.169 e. The van der Waals surface area contributed by atoms with E-state index in [0.717, 1.165) is 33.1 Å². The molecule has 0 amide bonds. The first-order chi connectivity index (χ1) is 10.2. The fourth-order valence-electron chi connectivity index (χ4n) is 2.31. The lowest BCUT2D eigenvalue weighted by atomic mass is 10.1. The van der Waals surface area contributed by atoms with Gasteiger partial charge in [0, 0.05) is 12.8 Å². The highest BCUT2D eigenvalue weighted by atomic mass is 32.2. The second kappa shape index (κ2) is 5.63. The van der Waals surface area contributed by atoms with E-state index in [2.05, 4.69) is 40.7 Å². The Labute approximate surface area is 128 Å². The van der Waals surface area contributed by atoms with Gasteiger partial charge in [-0.2, -0.15) is 5.26 Å². The van der Waals surface area contributed by atoms with Crippen LogP contribution < -0.4 is 0 Å². The maximum atomic E-state index is 9.14. The summed E-state index contributed by atoms with van der Waals surface area (Å²) in [6.45, 7) is 2.07. The van der Waals surface area contributed by atoms with Crippen LogP contribution in [0.1, 0.15) is 16.7 Å². The predicted octanol–water partition coefficient (Wildman–Crippen LogP) is 4.05. The number of aryl methyl sites for hydroxylation is 2. The van der Waals surface area contributed by atoms with Crippen molar-refractivity contribution in [1.29, 1.82) is 5.26 Å². The normalized spacial score (nSPS) is 10.7. The van der Waals surface area contributed by atoms with Crippen LogP contribution in [0.4, 0.5) is 0 Å². The van der Waals surface area contributed by atoms with Crippen LogP contribution in [0.3, 0.4) is 0 Å². The van der Waals surface area contributed by atoms with Crippen LogP contribution >= 0.6 is 11.8 Å². The molecule has 0 radical (unpaired) electrons. The molecule has 2 aromatic carbocycles. The Morgan fingerprint density at radius 3 is 2.86 bits per heavy atom. The fraction of sp³-hybridized carbons (Fsp3) is 0.176. The number of nitrogens with zero attached hydrogens (tertiary/aromatic N) is 3. The van der Waals surface area contributed by atoms with Gasteiger partial charge >= 0.3 is 0 Å². The lowest BCUT2D eigenvalue weighted by Crippen LogP contribution is -1.92. The van der Waals surface area contributed by atoms with E-state index in [1.807, 2.05) is 31.3 Å². The van der Waals surface area contributed by atoms with Gasteiger partial charge < -0.3 is 4.57 Å². The van der Waals surface area contributed by atoms with Crippen molar-refractivity contribution in [3.05, 3.63) is 59.2 Å². The van der Waals surface area contributed by atoms with Crippen molar-refractivity contribution in [1.82, 2.24) is 9.55 Å². The van der Waals surface area contributed by atoms with E-state index in [9.17, 15) is 0 Å². The number of benzene rings is 2. The Morgan fingerprint density at radius 2 is 2.05 bits per heavy atom. The molecule has 0 unspecified atom stereocenters. The lowest BCUT2D eigenvalue weighted by Gasteiger charge is -2.04. The molecule has 0 bridgehead atoms. The van der Waals surface area contributed by atoms with Crippen LogP contribution in [-0.4, -0.2) is 9.55 Å². The maximum absolute atomic E-state index is 9.14. The summed E-state index contributed by atoms with van der Waals surface area (Å²) in [6, 6.07) is 16.3. The number of hydrogen-bond donors (Lipinski definition) is 0. The first kappa shape index (κ1) is 13.7. The topological polar surface area (TPSA) is 41.6 Å². The minimum Gasteiger partial charge on any atom is -0.322 e. The summed E-state index contributed by atoms with van der Waals surface area (Å²) >= 11 is 1.66. The van der Waals surface area contributed by atoms with Gasteiger partial charge in [0.25, 0.3) is 0 Å². The van der Waals surface area contributed by atoms with Gasteiger partial charge in [-0.05, 0) is 36.2 Å². The molecule has 0 saturated heterocycles. The van der Waals surface area contributed by atoms with Crippen molar-refractivity contribution in [2.45, 2.75) is 17.8 Å². The molecule has 0 aliphatic carbocycles. The number of fused-ring (bicyclic) bond motifs is 1. The van der Waals surface area contributed by atoms with Crippen LogP contribution in [-0.2, 0) is 12.8 Å². The van der Waals surface area contributed by atoms with E-state index in [1.165, 1.54) is 5.56 Å². The van der Waals surface area contributed by atoms with Gasteiger partial charge in [-0.25, -0.2) is 4.98 Å². The average molecular weight is 293 g/mol. The van der Waals surface area contributed by atoms with Crippen LogP contribution in [0.25, 0.3) is 11.0 Å². The molecule has 0 fully saturated rings. The van der Waals surface area contributed by atoms with Gasteiger partial charge in [-0.15, -0.1) is 0 Å². The highest BCUT2D eigenvalue weighted by Gasteiger charge is 2.09. The molecule has 4 heteroatoms. The Morgan fingerprint density at radius 1 is 1.24 bits per heavy atom. The smallest absolute Gasteiger partial charge is 0.169 e. The molecular weight excluding hydrogens is 278 g/mol. The largest absolute Gasteiger partial charge is 0.322 e. The van der Waals surface area contributed by atoms with E-state index < -0.39 is 0 Å². The number of imidazole rings is 1. The van der Waals surface area contributed by atoms with E-state index in [-0.39, 0.29) is 0 Å². The lowest BCUT2D eigenvalue weighted by molar-refractivity contribution is 0.815. The van der Waals surface area contributed by atoms with Crippen molar-refractivity contribution >= 4 is 22.8 Å². The fourth-order valence-corrected chi connectivity index (χ4v) is 3.31. The summed E-state index contributed by atoms with van der Waals surface area (Å²) < 4.78 is 2.11. The molecule has 21 heavy (non-hydrogen) atoms. The zero-order chi connectivity index (χ0) is 14.8. The minimum absolute atomic E-state index is 0.736. The van der Waals surface area contributed by atoms with Crippen molar-refractivity contribution in [3.8, 4) is 6.07 Å². The number of hydrogen-bond acceptors (Lipinski definition) is 3. The van der Waals surface area contributed by atoms with Gasteiger partial charge in [0.15, 0.2) is 5.16 Å². The number of nitriles is 1.